The highest BCUT2D eigenvalue weighted by atomic mass is 32.1. The molecular formula is C12H14N2O3S. The van der Waals surface area contributed by atoms with Gasteiger partial charge in [0.1, 0.15) is 0 Å². The van der Waals surface area contributed by atoms with Crippen LogP contribution in [-0.4, -0.2) is 23.1 Å². The highest BCUT2D eigenvalue weighted by Gasteiger charge is 2.22. The smallest absolute Gasteiger partial charge is 0.328 e. The van der Waals surface area contributed by atoms with Gasteiger partial charge in [-0.2, -0.15) is 0 Å². The van der Waals surface area contributed by atoms with Crippen molar-refractivity contribution in [2.75, 3.05) is 0 Å². The Labute approximate surface area is 109 Å². The fourth-order valence-electron chi connectivity index (χ4n) is 1.38. The van der Waals surface area contributed by atoms with Crippen molar-refractivity contribution in [3.63, 3.8) is 0 Å². The Balaban J connectivity index is 1.78. The molecule has 1 aromatic rings. The van der Waals surface area contributed by atoms with Gasteiger partial charge in [-0.15, -0.1) is 11.3 Å². The molecule has 0 saturated heterocycles. The van der Waals surface area contributed by atoms with Gasteiger partial charge in [-0.25, -0.2) is 9.59 Å². The van der Waals surface area contributed by atoms with Crippen LogP contribution < -0.4 is 10.6 Å². The van der Waals surface area contributed by atoms with E-state index in [-0.39, 0.29) is 6.03 Å². The third-order valence-corrected chi connectivity index (χ3v) is 3.38. The Morgan fingerprint density at radius 2 is 2.28 bits per heavy atom. The maximum absolute atomic E-state index is 11.4. The average molecular weight is 266 g/mol. The number of carbonyl (C=O) groups excluding carboxylic acids is 1. The summed E-state index contributed by atoms with van der Waals surface area (Å²) in [6.45, 7) is 0.462. The first kappa shape index (κ1) is 12.6. The number of thiophene rings is 1. The summed E-state index contributed by atoms with van der Waals surface area (Å²) >= 11 is 1.49. The van der Waals surface area contributed by atoms with Crippen molar-refractivity contribution < 1.29 is 14.7 Å². The first-order valence-corrected chi connectivity index (χ1v) is 6.54. The fourth-order valence-corrected chi connectivity index (χ4v) is 2.17. The van der Waals surface area contributed by atoms with Gasteiger partial charge < -0.3 is 15.7 Å². The molecule has 18 heavy (non-hydrogen) atoms. The Morgan fingerprint density at radius 3 is 2.94 bits per heavy atom. The molecule has 0 atom stereocenters. The van der Waals surface area contributed by atoms with Crippen LogP contribution in [0.5, 0.6) is 0 Å². The summed E-state index contributed by atoms with van der Waals surface area (Å²) < 4.78 is 0. The molecule has 0 radical (unpaired) electrons. The molecule has 3 N–H and O–H groups in total. The lowest BCUT2D eigenvalue weighted by Gasteiger charge is -2.04. The monoisotopic (exact) mass is 266 g/mol. The zero-order chi connectivity index (χ0) is 13.0. The van der Waals surface area contributed by atoms with Crippen LogP contribution >= 0.6 is 11.3 Å². The molecule has 1 fully saturated rings. The maximum atomic E-state index is 11.4. The lowest BCUT2D eigenvalue weighted by molar-refractivity contribution is -0.131. The molecule has 0 unspecified atom stereocenters. The van der Waals surface area contributed by atoms with Crippen molar-refractivity contribution in [1.82, 2.24) is 10.6 Å². The minimum atomic E-state index is -0.968. The van der Waals surface area contributed by atoms with Gasteiger partial charge in [0.15, 0.2) is 0 Å². The Bertz CT molecular complexity index is 477. The number of nitrogens with one attached hydrogen (secondary N) is 2. The number of hydrogen-bond donors (Lipinski definition) is 3. The summed E-state index contributed by atoms with van der Waals surface area (Å²) in [5.41, 5.74) is 0.835. The molecule has 2 amide bonds. The van der Waals surface area contributed by atoms with Crippen LogP contribution in [0.3, 0.4) is 0 Å². The first-order chi connectivity index (χ1) is 8.63. The van der Waals surface area contributed by atoms with Gasteiger partial charge in [-0.1, -0.05) is 0 Å². The van der Waals surface area contributed by atoms with Crippen molar-refractivity contribution >= 4 is 29.4 Å². The Morgan fingerprint density at radius 1 is 1.50 bits per heavy atom. The predicted octanol–water partition coefficient (Wildman–Crippen LogP) is 1.81. The molecule has 0 aromatic carbocycles. The number of carbonyl (C=O) groups is 2. The lowest BCUT2D eigenvalue weighted by Crippen LogP contribution is -2.36. The van der Waals surface area contributed by atoms with Crippen LogP contribution in [0.15, 0.2) is 17.5 Å². The zero-order valence-electron chi connectivity index (χ0n) is 9.68. The minimum Gasteiger partial charge on any atom is -0.478 e. The number of carboxylic acids is 1. The largest absolute Gasteiger partial charge is 0.478 e. The van der Waals surface area contributed by atoms with E-state index in [4.69, 9.17) is 5.11 Å². The first-order valence-electron chi connectivity index (χ1n) is 5.66. The summed E-state index contributed by atoms with van der Waals surface area (Å²) in [5.74, 6) is -0.968. The van der Waals surface area contributed by atoms with Crippen LogP contribution in [0.25, 0.3) is 6.08 Å². The summed E-state index contributed by atoms with van der Waals surface area (Å²) in [7, 11) is 0. The molecule has 0 aliphatic heterocycles. The normalized spacial score (nSPS) is 14.7. The molecule has 0 bridgehead atoms. The van der Waals surface area contributed by atoms with Crippen molar-refractivity contribution in [3.05, 3.63) is 28.0 Å². The highest BCUT2D eigenvalue weighted by molar-refractivity contribution is 7.10. The number of hydrogen-bond acceptors (Lipinski definition) is 3. The summed E-state index contributed by atoms with van der Waals surface area (Å²) in [6.07, 6.45) is 4.76. The number of amides is 2. The number of rotatable bonds is 5. The fraction of sp³-hybridized carbons (Fsp3) is 0.333. The average Bonchev–Trinajstić information content (AvgIpc) is 3.01. The van der Waals surface area contributed by atoms with Gasteiger partial charge in [0, 0.05) is 17.0 Å². The van der Waals surface area contributed by atoms with Crippen LogP contribution in [0, 0.1) is 0 Å². The standard InChI is InChI=1S/C12H14N2O3S/c15-11(16)4-1-8-5-10(18-7-8)6-13-12(17)14-9-2-3-9/h1,4-5,7,9H,2-3,6H2,(H,15,16)(H2,13,14,17). The number of carboxylic acid groups (broad SMARTS) is 1. The van der Waals surface area contributed by atoms with E-state index in [0.29, 0.717) is 12.6 Å². The third-order valence-electron chi connectivity index (χ3n) is 2.43. The second-order valence-electron chi connectivity index (χ2n) is 4.12. The van der Waals surface area contributed by atoms with Crippen molar-refractivity contribution in [3.8, 4) is 0 Å². The van der Waals surface area contributed by atoms with Gasteiger partial charge in [0.05, 0.1) is 6.54 Å². The van der Waals surface area contributed by atoms with Gasteiger partial charge in [-0.3, -0.25) is 0 Å². The second-order valence-corrected chi connectivity index (χ2v) is 5.11. The Kier molecular flexibility index (Phi) is 3.99. The molecular weight excluding hydrogens is 252 g/mol. The molecule has 1 aliphatic rings. The molecule has 1 saturated carbocycles. The van der Waals surface area contributed by atoms with Crippen LogP contribution in [0.1, 0.15) is 23.3 Å². The topological polar surface area (TPSA) is 78.4 Å². The molecule has 96 valence electrons. The van der Waals surface area contributed by atoms with Gasteiger partial charge >= 0.3 is 12.0 Å². The van der Waals surface area contributed by atoms with E-state index < -0.39 is 5.97 Å². The van der Waals surface area contributed by atoms with E-state index in [1.165, 1.54) is 17.4 Å². The molecule has 1 aliphatic carbocycles. The van der Waals surface area contributed by atoms with E-state index in [9.17, 15) is 9.59 Å². The lowest BCUT2D eigenvalue weighted by atomic mass is 10.3. The van der Waals surface area contributed by atoms with E-state index in [1.807, 2.05) is 11.4 Å². The van der Waals surface area contributed by atoms with Gasteiger partial charge in [0.2, 0.25) is 0 Å². The van der Waals surface area contributed by atoms with E-state index in [1.54, 1.807) is 0 Å². The maximum Gasteiger partial charge on any atom is 0.328 e. The zero-order valence-corrected chi connectivity index (χ0v) is 10.5. The van der Waals surface area contributed by atoms with Gasteiger partial charge in [-0.05, 0) is 35.9 Å². The highest BCUT2D eigenvalue weighted by Crippen LogP contribution is 2.18. The third kappa shape index (κ3) is 4.21. The Hall–Kier alpha value is -1.82. The van der Waals surface area contributed by atoms with E-state index in [0.717, 1.165) is 29.4 Å². The SMILES string of the molecule is O=C(O)C=Cc1csc(CNC(=O)NC2CC2)c1. The molecule has 0 spiro atoms. The van der Waals surface area contributed by atoms with Crippen molar-refractivity contribution in [2.45, 2.75) is 25.4 Å². The van der Waals surface area contributed by atoms with Crippen molar-refractivity contribution in [2.24, 2.45) is 0 Å². The van der Waals surface area contributed by atoms with Crippen molar-refractivity contribution in [1.29, 1.82) is 0 Å². The summed E-state index contributed by atoms with van der Waals surface area (Å²) in [4.78, 5) is 22.7. The molecule has 5 nitrogen and oxygen atoms in total. The van der Waals surface area contributed by atoms with E-state index >= 15 is 0 Å². The summed E-state index contributed by atoms with van der Waals surface area (Å²) in [5, 5.41) is 16.0. The minimum absolute atomic E-state index is 0.145. The van der Waals surface area contributed by atoms with Gasteiger partial charge in [0.25, 0.3) is 0 Å². The van der Waals surface area contributed by atoms with Crippen LogP contribution in [-0.2, 0) is 11.3 Å². The number of aliphatic carboxylic acids is 1. The molecule has 6 heteroatoms. The molecule has 1 heterocycles. The summed E-state index contributed by atoms with van der Waals surface area (Å²) in [6, 6.07) is 2.07. The predicted molar refractivity (Wildman–Crippen MR) is 69.4 cm³/mol. The molecule has 2 rings (SSSR count). The second kappa shape index (κ2) is 5.68. The van der Waals surface area contributed by atoms with Crippen LogP contribution in [0.4, 0.5) is 4.79 Å². The van der Waals surface area contributed by atoms with E-state index in [2.05, 4.69) is 10.6 Å². The van der Waals surface area contributed by atoms with Crippen LogP contribution in [0.2, 0.25) is 0 Å². The quantitative estimate of drug-likeness (QED) is 0.711. The molecule has 1 aromatic heterocycles. The number of urea groups is 1.